The van der Waals surface area contributed by atoms with E-state index in [-0.39, 0.29) is 0 Å². The number of hydrogen-bond acceptors (Lipinski definition) is 2. The van der Waals surface area contributed by atoms with E-state index in [4.69, 9.17) is 11.6 Å². The average Bonchev–Trinajstić information content (AvgIpc) is 2.52. The number of fused-ring (bicyclic) bond motifs is 1. The van der Waals surface area contributed by atoms with E-state index in [1.807, 2.05) is 18.4 Å². The number of H-pyrrole nitrogens is 1. The molecule has 1 N–H and O–H groups in total. The zero-order valence-electron chi connectivity index (χ0n) is 6.47. The summed E-state index contributed by atoms with van der Waals surface area (Å²) in [6.45, 7) is 0. The molecule has 0 bridgehead atoms. The van der Waals surface area contributed by atoms with Crippen molar-refractivity contribution in [2.75, 3.05) is 6.26 Å². The molecule has 1 aromatic heterocycles. The molecular formula is C8H7ClN2S. The number of aromatic nitrogens is 2. The van der Waals surface area contributed by atoms with Gasteiger partial charge in [0.1, 0.15) is 0 Å². The second kappa shape index (κ2) is 2.99. The highest BCUT2D eigenvalue weighted by molar-refractivity contribution is 7.98. The fourth-order valence-electron chi connectivity index (χ4n) is 1.10. The van der Waals surface area contributed by atoms with Crippen molar-refractivity contribution in [1.29, 1.82) is 0 Å². The van der Waals surface area contributed by atoms with Crippen molar-refractivity contribution in [1.82, 2.24) is 10.2 Å². The van der Waals surface area contributed by atoms with Crippen LogP contribution in [-0.4, -0.2) is 16.5 Å². The number of thioether (sulfide) groups is 1. The molecule has 1 aromatic carbocycles. The minimum absolute atomic E-state index is 0.755. The molecule has 0 saturated carbocycles. The normalized spacial score (nSPS) is 10.8. The van der Waals surface area contributed by atoms with E-state index in [2.05, 4.69) is 10.2 Å². The number of aromatic amines is 1. The van der Waals surface area contributed by atoms with E-state index < -0.39 is 0 Å². The lowest BCUT2D eigenvalue weighted by molar-refractivity contribution is 1.12. The van der Waals surface area contributed by atoms with E-state index in [0.717, 1.165) is 20.8 Å². The summed E-state index contributed by atoms with van der Waals surface area (Å²) in [5.41, 5.74) is 0.992. The van der Waals surface area contributed by atoms with E-state index in [1.54, 1.807) is 18.0 Å². The summed E-state index contributed by atoms with van der Waals surface area (Å²) >= 11 is 7.68. The lowest BCUT2D eigenvalue weighted by atomic mass is 10.2. The molecule has 4 heteroatoms. The number of halogens is 1. The Kier molecular flexibility index (Phi) is 1.98. The van der Waals surface area contributed by atoms with Crippen LogP contribution in [0.2, 0.25) is 5.02 Å². The maximum Gasteiger partial charge on any atom is 0.0676 e. The quantitative estimate of drug-likeness (QED) is 0.714. The molecule has 12 heavy (non-hydrogen) atoms. The Labute approximate surface area is 79.3 Å². The van der Waals surface area contributed by atoms with Crippen molar-refractivity contribution in [3.63, 3.8) is 0 Å². The molecule has 0 saturated heterocycles. The highest BCUT2D eigenvalue weighted by Crippen LogP contribution is 2.27. The van der Waals surface area contributed by atoms with E-state index in [9.17, 15) is 0 Å². The first-order valence-electron chi connectivity index (χ1n) is 3.48. The highest BCUT2D eigenvalue weighted by Gasteiger charge is 2.02. The Balaban J connectivity index is 2.75. The third-order valence-corrected chi connectivity index (χ3v) is 2.74. The van der Waals surface area contributed by atoms with Gasteiger partial charge in [-0.2, -0.15) is 5.10 Å². The molecule has 2 nitrogen and oxygen atoms in total. The van der Waals surface area contributed by atoms with Crippen molar-refractivity contribution >= 4 is 34.3 Å². The van der Waals surface area contributed by atoms with Gasteiger partial charge in [0.2, 0.25) is 0 Å². The first-order chi connectivity index (χ1) is 5.81. The molecular weight excluding hydrogens is 192 g/mol. The molecule has 0 atom stereocenters. The van der Waals surface area contributed by atoms with Crippen LogP contribution in [-0.2, 0) is 0 Å². The Bertz CT molecular complexity index is 410. The molecule has 2 rings (SSSR count). The second-order valence-electron chi connectivity index (χ2n) is 2.44. The molecule has 0 amide bonds. The SMILES string of the molecule is CSc1cc(Cl)c2cn[nH]c2c1. The first kappa shape index (κ1) is 7.95. The van der Waals surface area contributed by atoms with Gasteiger partial charge >= 0.3 is 0 Å². The van der Waals surface area contributed by atoms with Gasteiger partial charge in [-0.1, -0.05) is 11.6 Å². The number of nitrogens with one attached hydrogen (secondary N) is 1. The summed E-state index contributed by atoms with van der Waals surface area (Å²) in [4.78, 5) is 1.15. The molecule has 62 valence electrons. The molecule has 1 heterocycles. The van der Waals surface area contributed by atoms with Gasteiger partial charge in [-0.05, 0) is 18.4 Å². The zero-order valence-corrected chi connectivity index (χ0v) is 8.04. The summed E-state index contributed by atoms with van der Waals surface area (Å²) in [5, 5.41) is 8.54. The van der Waals surface area contributed by atoms with Crippen LogP contribution in [0.4, 0.5) is 0 Å². The van der Waals surface area contributed by atoms with Gasteiger partial charge in [-0.15, -0.1) is 11.8 Å². The molecule has 0 spiro atoms. The number of nitrogens with zero attached hydrogens (tertiary/aromatic N) is 1. The van der Waals surface area contributed by atoms with Crippen molar-refractivity contribution in [3.05, 3.63) is 23.4 Å². The van der Waals surface area contributed by atoms with E-state index in [1.165, 1.54) is 0 Å². The summed E-state index contributed by atoms with van der Waals surface area (Å²) in [6.07, 6.45) is 3.76. The molecule has 2 aromatic rings. The number of benzene rings is 1. The van der Waals surface area contributed by atoms with Crippen LogP contribution in [0.5, 0.6) is 0 Å². The van der Waals surface area contributed by atoms with Gasteiger partial charge in [0.15, 0.2) is 0 Å². The van der Waals surface area contributed by atoms with Gasteiger partial charge in [0.25, 0.3) is 0 Å². The summed E-state index contributed by atoms with van der Waals surface area (Å²) in [7, 11) is 0. The predicted molar refractivity (Wildman–Crippen MR) is 52.9 cm³/mol. The Morgan fingerprint density at radius 3 is 3.08 bits per heavy atom. The number of hydrogen-bond donors (Lipinski definition) is 1. The first-order valence-corrected chi connectivity index (χ1v) is 5.08. The predicted octanol–water partition coefficient (Wildman–Crippen LogP) is 2.94. The molecule has 0 unspecified atom stereocenters. The second-order valence-corrected chi connectivity index (χ2v) is 3.73. The molecule has 0 radical (unpaired) electrons. The standard InChI is InChI=1S/C8H7ClN2S/c1-12-5-2-7(9)6-4-10-11-8(6)3-5/h2-4H,1H3,(H,10,11). The summed E-state index contributed by atoms with van der Waals surface area (Å²) < 4.78 is 0. The van der Waals surface area contributed by atoms with Crippen LogP contribution < -0.4 is 0 Å². The monoisotopic (exact) mass is 198 g/mol. The van der Waals surface area contributed by atoms with Crippen molar-refractivity contribution in [3.8, 4) is 0 Å². The fraction of sp³-hybridized carbons (Fsp3) is 0.125. The van der Waals surface area contributed by atoms with Crippen LogP contribution in [0.25, 0.3) is 10.9 Å². The van der Waals surface area contributed by atoms with Crippen molar-refractivity contribution in [2.24, 2.45) is 0 Å². The number of rotatable bonds is 1. The fourth-order valence-corrected chi connectivity index (χ4v) is 1.91. The maximum atomic E-state index is 6.01. The summed E-state index contributed by atoms with van der Waals surface area (Å²) in [5.74, 6) is 0. The minimum Gasteiger partial charge on any atom is -0.278 e. The molecule has 0 fully saturated rings. The van der Waals surface area contributed by atoms with E-state index in [0.29, 0.717) is 0 Å². The maximum absolute atomic E-state index is 6.01. The third-order valence-electron chi connectivity index (χ3n) is 1.72. The zero-order chi connectivity index (χ0) is 8.55. The van der Waals surface area contributed by atoms with Gasteiger partial charge in [0.05, 0.1) is 16.7 Å². The lowest BCUT2D eigenvalue weighted by Crippen LogP contribution is -1.73. The van der Waals surface area contributed by atoms with Gasteiger partial charge in [0, 0.05) is 10.3 Å². The van der Waals surface area contributed by atoms with Gasteiger partial charge in [-0.25, -0.2) is 0 Å². The van der Waals surface area contributed by atoms with Crippen LogP contribution in [0.1, 0.15) is 0 Å². The highest BCUT2D eigenvalue weighted by atomic mass is 35.5. The minimum atomic E-state index is 0.755. The van der Waals surface area contributed by atoms with Crippen LogP contribution in [0.3, 0.4) is 0 Å². The van der Waals surface area contributed by atoms with Crippen LogP contribution in [0, 0.1) is 0 Å². The molecule has 0 aliphatic heterocycles. The van der Waals surface area contributed by atoms with Gasteiger partial charge in [-0.3, -0.25) is 5.10 Å². The molecule has 0 aliphatic rings. The van der Waals surface area contributed by atoms with Crippen molar-refractivity contribution in [2.45, 2.75) is 4.90 Å². The third kappa shape index (κ3) is 1.19. The van der Waals surface area contributed by atoms with Crippen LogP contribution >= 0.6 is 23.4 Å². The lowest BCUT2D eigenvalue weighted by Gasteiger charge is -1.97. The smallest absolute Gasteiger partial charge is 0.0676 e. The Morgan fingerprint density at radius 1 is 1.50 bits per heavy atom. The topological polar surface area (TPSA) is 28.7 Å². The van der Waals surface area contributed by atoms with E-state index >= 15 is 0 Å². The van der Waals surface area contributed by atoms with Crippen LogP contribution in [0.15, 0.2) is 23.2 Å². The Morgan fingerprint density at radius 2 is 2.33 bits per heavy atom. The average molecular weight is 199 g/mol. The van der Waals surface area contributed by atoms with Gasteiger partial charge < -0.3 is 0 Å². The Hall–Kier alpha value is -0.670. The molecule has 0 aliphatic carbocycles. The summed E-state index contributed by atoms with van der Waals surface area (Å²) in [6, 6.07) is 3.99. The van der Waals surface area contributed by atoms with Crippen molar-refractivity contribution < 1.29 is 0 Å². The largest absolute Gasteiger partial charge is 0.278 e.